The van der Waals surface area contributed by atoms with Gasteiger partial charge in [-0.05, 0) is 42.2 Å². The molecule has 0 fully saturated rings. The molecule has 5 nitrogen and oxygen atoms in total. The number of hydrogen-bond donors (Lipinski definition) is 0. The fourth-order valence-corrected chi connectivity index (χ4v) is 2.73. The molecular formula is C19H16N2O3. The Kier molecular flexibility index (Phi) is 4.05. The molecule has 1 aromatic carbocycles. The third kappa shape index (κ3) is 2.74. The van der Waals surface area contributed by atoms with Crippen LogP contribution < -0.4 is 11.2 Å². The zero-order valence-corrected chi connectivity index (χ0v) is 13.5. The van der Waals surface area contributed by atoms with Crippen molar-refractivity contribution < 1.29 is 4.42 Å². The van der Waals surface area contributed by atoms with Crippen molar-refractivity contribution in [3.05, 3.63) is 79.6 Å². The van der Waals surface area contributed by atoms with Crippen molar-refractivity contribution in [1.29, 1.82) is 5.26 Å². The van der Waals surface area contributed by atoms with Gasteiger partial charge in [-0.3, -0.25) is 4.79 Å². The molecule has 0 atom stereocenters. The van der Waals surface area contributed by atoms with E-state index in [1.807, 2.05) is 31.2 Å². The molecule has 0 saturated heterocycles. The van der Waals surface area contributed by atoms with Gasteiger partial charge in [0.15, 0.2) is 0 Å². The van der Waals surface area contributed by atoms with E-state index < -0.39 is 5.63 Å². The van der Waals surface area contributed by atoms with E-state index >= 15 is 0 Å². The Balaban J connectivity index is 2.16. The summed E-state index contributed by atoms with van der Waals surface area (Å²) in [4.78, 5) is 24.2. The van der Waals surface area contributed by atoms with Gasteiger partial charge in [-0.1, -0.05) is 19.1 Å². The van der Waals surface area contributed by atoms with E-state index in [2.05, 4.69) is 0 Å². The minimum Gasteiger partial charge on any atom is -0.423 e. The van der Waals surface area contributed by atoms with Gasteiger partial charge < -0.3 is 8.98 Å². The van der Waals surface area contributed by atoms with E-state index in [9.17, 15) is 9.59 Å². The second-order valence-corrected chi connectivity index (χ2v) is 5.69. The molecule has 0 bridgehead atoms. The molecule has 3 rings (SSSR count). The Morgan fingerprint density at radius 3 is 2.71 bits per heavy atom. The molecule has 120 valence electrons. The summed E-state index contributed by atoms with van der Waals surface area (Å²) < 4.78 is 6.72. The Morgan fingerprint density at radius 2 is 2.00 bits per heavy atom. The topological polar surface area (TPSA) is 76.0 Å². The minimum absolute atomic E-state index is 0.123. The first-order valence-corrected chi connectivity index (χ1v) is 7.69. The minimum atomic E-state index is -0.452. The number of aryl methyl sites for hydroxylation is 2. The predicted molar refractivity (Wildman–Crippen MR) is 91.1 cm³/mol. The van der Waals surface area contributed by atoms with Gasteiger partial charge in [0.25, 0.3) is 5.56 Å². The molecule has 0 spiro atoms. The maximum atomic E-state index is 12.4. The van der Waals surface area contributed by atoms with Gasteiger partial charge in [0.05, 0.1) is 6.54 Å². The summed E-state index contributed by atoms with van der Waals surface area (Å²) in [6, 6.07) is 10.8. The van der Waals surface area contributed by atoms with Crippen LogP contribution in [0.15, 0.2) is 50.5 Å². The van der Waals surface area contributed by atoms with Crippen LogP contribution in [0.4, 0.5) is 0 Å². The molecule has 2 heterocycles. The van der Waals surface area contributed by atoms with E-state index in [-0.39, 0.29) is 17.7 Å². The third-order valence-electron chi connectivity index (χ3n) is 4.13. The first-order chi connectivity index (χ1) is 11.5. The van der Waals surface area contributed by atoms with Crippen LogP contribution in [0.3, 0.4) is 0 Å². The summed E-state index contributed by atoms with van der Waals surface area (Å²) in [5.41, 5.74) is 2.23. The van der Waals surface area contributed by atoms with Crippen molar-refractivity contribution in [3.63, 3.8) is 0 Å². The monoisotopic (exact) mass is 320 g/mol. The average molecular weight is 320 g/mol. The number of hydrogen-bond acceptors (Lipinski definition) is 4. The molecule has 0 aliphatic rings. The summed E-state index contributed by atoms with van der Waals surface area (Å²) in [5.74, 6) is 0. The molecule has 0 saturated carbocycles. The van der Waals surface area contributed by atoms with E-state index in [0.29, 0.717) is 16.7 Å². The smallest absolute Gasteiger partial charge is 0.336 e. The van der Waals surface area contributed by atoms with Crippen molar-refractivity contribution >= 4 is 11.0 Å². The van der Waals surface area contributed by atoms with Crippen molar-refractivity contribution in [2.45, 2.75) is 26.8 Å². The lowest BCUT2D eigenvalue weighted by atomic mass is 10.1. The third-order valence-corrected chi connectivity index (χ3v) is 4.13. The second-order valence-electron chi connectivity index (χ2n) is 5.69. The zero-order chi connectivity index (χ0) is 17.3. The highest BCUT2D eigenvalue weighted by Gasteiger charge is 2.11. The lowest BCUT2D eigenvalue weighted by Crippen LogP contribution is -2.24. The second kappa shape index (κ2) is 6.17. The number of rotatable bonds is 3. The van der Waals surface area contributed by atoms with Gasteiger partial charge in [-0.2, -0.15) is 5.26 Å². The molecule has 0 N–H and O–H groups in total. The average Bonchev–Trinajstić information content (AvgIpc) is 2.57. The number of benzene rings is 1. The molecule has 24 heavy (non-hydrogen) atoms. The molecule has 5 heteroatoms. The van der Waals surface area contributed by atoms with Crippen molar-refractivity contribution in [2.75, 3.05) is 0 Å². The highest BCUT2D eigenvalue weighted by molar-refractivity contribution is 5.80. The van der Waals surface area contributed by atoms with Crippen LogP contribution in [-0.4, -0.2) is 4.57 Å². The maximum absolute atomic E-state index is 12.4. The summed E-state index contributed by atoms with van der Waals surface area (Å²) in [5, 5.41) is 9.92. The summed E-state index contributed by atoms with van der Waals surface area (Å²) in [7, 11) is 0. The van der Waals surface area contributed by atoms with Crippen LogP contribution in [0.2, 0.25) is 0 Å². The lowest BCUT2D eigenvalue weighted by molar-refractivity contribution is 0.557. The maximum Gasteiger partial charge on any atom is 0.336 e. The van der Waals surface area contributed by atoms with Crippen LogP contribution in [0.1, 0.15) is 29.2 Å². The lowest BCUT2D eigenvalue weighted by Gasteiger charge is -2.10. The Morgan fingerprint density at radius 1 is 1.21 bits per heavy atom. The molecule has 2 aromatic heterocycles. The number of aromatic nitrogens is 1. The van der Waals surface area contributed by atoms with Crippen LogP contribution >= 0.6 is 0 Å². The molecule has 0 amide bonds. The molecule has 3 aromatic rings. The van der Waals surface area contributed by atoms with Gasteiger partial charge in [-0.15, -0.1) is 0 Å². The molecule has 0 radical (unpaired) electrons. The van der Waals surface area contributed by atoms with E-state index in [1.54, 1.807) is 19.2 Å². The normalized spacial score (nSPS) is 10.7. The largest absolute Gasteiger partial charge is 0.423 e. The van der Waals surface area contributed by atoms with E-state index in [4.69, 9.17) is 9.68 Å². The van der Waals surface area contributed by atoms with Crippen LogP contribution in [-0.2, 0) is 13.0 Å². The fraction of sp³-hybridized carbons (Fsp3) is 0.211. The Labute approximate surface area is 138 Å². The van der Waals surface area contributed by atoms with E-state index in [1.165, 1.54) is 10.6 Å². The van der Waals surface area contributed by atoms with Crippen molar-refractivity contribution in [1.82, 2.24) is 4.57 Å². The summed E-state index contributed by atoms with van der Waals surface area (Å²) >= 11 is 0. The number of fused-ring (bicyclic) bond motifs is 1. The Hall–Kier alpha value is -3.13. The highest BCUT2D eigenvalue weighted by Crippen LogP contribution is 2.20. The number of nitrogens with zero attached hydrogens (tertiary/aromatic N) is 2. The standard InChI is InChI=1S/C19H16N2O3/c1-3-13-4-5-15-14(9-18(22)24-17(15)8-13)11-21-7-6-12(2)16(10-20)19(21)23/h4-9H,3,11H2,1-2H3. The van der Waals surface area contributed by atoms with Crippen LogP contribution in [0, 0.1) is 18.3 Å². The number of nitriles is 1. The predicted octanol–water partition coefficient (Wildman–Crippen LogP) is 2.75. The van der Waals surface area contributed by atoms with Crippen LogP contribution in [0.5, 0.6) is 0 Å². The van der Waals surface area contributed by atoms with E-state index in [0.717, 1.165) is 17.4 Å². The highest BCUT2D eigenvalue weighted by atomic mass is 16.4. The first kappa shape index (κ1) is 15.8. The van der Waals surface area contributed by atoms with Gasteiger partial charge in [0.1, 0.15) is 17.2 Å². The fourth-order valence-electron chi connectivity index (χ4n) is 2.73. The summed E-state index contributed by atoms with van der Waals surface area (Å²) in [6.45, 7) is 3.96. The van der Waals surface area contributed by atoms with Gasteiger partial charge in [0.2, 0.25) is 0 Å². The molecule has 0 unspecified atom stereocenters. The number of pyridine rings is 1. The molecule has 0 aliphatic heterocycles. The van der Waals surface area contributed by atoms with Gasteiger partial charge >= 0.3 is 5.63 Å². The Bertz CT molecular complexity index is 1080. The molecular weight excluding hydrogens is 304 g/mol. The first-order valence-electron chi connectivity index (χ1n) is 7.69. The quantitative estimate of drug-likeness (QED) is 0.695. The van der Waals surface area contributed by atoms with Crippen molar-refractivity contribution in [2.24, 2.45) is 0 Å². The van der Waals surface area contributed by atoms with Crippen molar-refractivity contribution in [3.8, 4) is 6.07 Å². The SMILES string of the molecule is CCc1ccc2c(Cn3ccc(C)c(C#N)c3=O)cc(=O)oc2c1. The van der Waals surface area contributed by atoms with Crippen LogP contribution in [0.25, 0.3) is 11.0 Å². The summed E-state index contributed by atoms with van der Waals surface area (Å²) in [6.07, 6.45) is 2.48. The molecule has 0 aliphatic carbocycles. The van der Waals surface area contributed by atoms with Gasteiger partial charge in [0, 0.05) is 17.6 Å². The zero-order valence-electron chi connectivity index (χ0n) is 13.5. The van der Waals surface area contributed by atoms with Gasteiger partial charge in [-0.25, -0.2) is 4.79 Å².